The zero-order valence-electron chi connectivity index (χ0n) is 16.3. The van der Waals surface area contributed by atoms with Gasteiger partial charge in [0.05, 0.1) is 13.7 Å². The van der Waals surface area contributed by atoms with Crippen LogP contribution in [0, 0.1) is 0 Å². The molecule has 9 nitrogen and oxygen atoms in total. The Bertz CT molecular complexity index is 1130. The number of nitrogens with zero attached hydrogens (tertiary/aromatic N) is 3. The van der Waals surface area contributed by atoms with Crippen LogP contribution in [0.5, 0.6) is 5.75 Å². The highest BCUT2D eigenvalue weighted by Gasteiger charge is 2.31. The summed E-state index contributed by atoms with van der Waals surface area (Å²) < 4.78 is 32.2. The summed E-state index contributed by atoms with van der Waals surface area (Å²) in [6, 6.07) is 8.79. The van der Waals surface area contributed by atoms with Crippen LogP contribution in [0.15, 0.2) is 40.6 Å². The van der Waals surface area contributed by atoms with Crippen LogP contribution in [0.3, 0.4) is 0 Å². The summed E-state index contributed by atoms with van der Waals surface area (Å²) >= 11 is 1.11. The molecule has 3 heterocycles. The van der Waals surface area contributed by atoms with E-state index in [2.05, 4.69) is 20.5 Å². The number of methoxy groups -OCH3 is 1. The number of ether oxygens (including phenoxy) is 1. The number of sulfonamides is 1. The number of thiophene rings is 1. The topological polar surface area (TPSA) is 117 Å². The van der Waals surface area contributed by atoms with Crippen LogP contribution < -0.4 is 10.1 Å². The van der Waals surface area contributed by atoms with E-state index in [1.807, 2.05) is 24.3 Å². The van der Waals surface area contributed by atoms with Gasteiger partial charge in [-0.1, -0.05) is 0 Å². The summed E-state index contributed by atoms with van der Waals surface area (Å²) in [6.45, 7) is 1.08. The zero-order valence-corrected chi connectivity index (χ0v) is 17.9. The number of nitrogens with one attached hydrogen (secondary N) is 2. The summed E-state index contributed by atoms with van der Waals surface area (Å²) in [5, 5.41) is 11.3. The highest BCUT2D eigenvalue weighted by atomic mass is 32.2. The van der Waals surface area contributed by atoms with Gasteiger partial charge in [-0.25, -0.2) is 13.4 Å². The maximum atomic E-state index is 12.8. The smallest absolute Gasteiger partial charge is 0.263 e. The van der Waals surface area contributed by atoms with Gasteiger partial charge in [0.15, 0.2) is 5.82 Å². The normalized spacial score (nSPS) is 14.7. The molecule has 0 spiro atoms. The second-order valence-electron chi connectivity index (χ2n) is 6.74. The number of rotatable bonds is 7. The Kier molecular flexibility index (Phi) is 5.84. The van der Waals surface area contributed by atoms with Crippen LogP contribution >= 0.6 is 11.3 Å². The number of hydrogen-bond donors (Lipinski definition) is 2. The Hall–Kier alpha value is -2.76. The first-order valence-electron chi connectivity index (χ1n) is 9.40. The Balaban J connectivity index is 1.44. The van der Waals surface area contributed by atoms with Gasteiger partial charge < -0.3 is 10.1 Å². The second kappa shape index (κ2) is 8.54. The lowest BCUT2D eigenvalue weighted by Gasteiger charge is -2.15. The summed E-state index contributed by atoms with van der Waals surface area (Å²) in [4.78, 5) is 17.3. The lowest BCUT2D eigenvalue weighted by Crippen LogP contribution is -2.30. The molecule has 158 valence electrons. The minimum Gasteiger partial charge on any atom is -0.497 e. The van der Waals surface area contributed by atoms with Crippen molar-refractivity contribution in [2.45, 2.75) is 24.3 Å². The molecule has 1 saturated heterocycles. The van der Waals surface area contributed by atoms with Crippen LogP contribution in [0.4, 0.5) is 0 Å². The molecule has 0 unspecified atom stereocenters. The number of hydrogen-bond acceptors (Lipinski definition) is 7. The summed E-state index contributed by atoms with van der Waals surface area (Å²) in [5.74, 6) is 1.24. The van der Waals surface area contributed by atoms with Crippen molar-refractivity contribution in [2.24, 2.45) is 0 Å². The molecule has 1 aromatic carbocycles. The molecule has 0 atom stereocenters. The summed E-state index contributed by atoms with van der Waals surface area (Å²) in [5.41, 5.74) is 0.807. The monoisotopic (exact) mass is 447 g/mol. The molecule has 1 fully saturated rings. The van der Waals surface area contributed by atoms with Crippen LogP contribution in [-0.2, 0) is 16.6 Å². The van der Waals surface area contributed by atoms with Crippen molar-refractivity contribution in [3.63, 3.8) is 0 Å². The van der Waals surface area contributed by atoms with E-state index in [0.717, 1.165) is 35.5 Å². The van der Waals surface area contributed by atoms with E-state index in [9.17, 15) is 13.2 Å². The highest BCUT2D eigenvalue weighted by molar-refractivity contribution is 7.89. The lowest BCUT2D eigenvalue weighted by atomic mass is 10.2. The van der Waals surface area contributed by atoms with E-state index < -0.39 is 15.9 Å². The summed E-state index contributed by atoms with van der Waals surface area (Å²) in [6.07, 6.45) is 1.68. The molecule has 0 aliphatic carbocycles. The van der Waals surface area contributed by atoms with Gasteiger partial charge in [-0.05, 0) is 48.6 Å². The predicted octanol–water partition coefficient (Wildman–Crippen LogP) is 2.26. The fourth-order valence-corrected chi connectivity index (χ4v) is 6.06. The standard InChI is InChI=1S/C19H21N5O4S2/c1-28-14-6-4-13(5-7-14)18-21-16(22-23-18)12-20-19(25)17-15(8-11-29-17)30(26,27)24-9-2-3-10-24/h4-8,11H,2-3,9-10,12H2,1H3,(H,20,25)(H,21,22,23). The maximum Gasteiger partial charge on any atom is 0.263 e. The van der Waals surface area contributed by atoms with E-state index in [4.69, 9.17) is 4.74 Å². The van der Waals surface area contributed by atoms with Gasteiger partial charge in [-0.15, -0.1) is 11.3 Å². The molecule has 1 aliphatic heterocycles. The van der Waals surface area contributed by atoms with Gasteiger partial charge in [-0.2, -0.15) is 9.40 Å². The molecule has 0 radical (unpaired) electrons. The van der Waals surface area contributed by atoms with Crippen molar-refractivity contribution in [2.75, 3.05) is 20.2 Å². The number of amides is 1. The van der Waals surface area contributed by atoms with Crippen molar-refractivity contribution in [1.82, 2.24) is 24.8 Å². The number of H-pyrrole nitrogens is 1. The molecular weight excluding hydrogens is 426 g/mol. The van der Waals surface area contributed by atoms with Crippen LogP contribution in [0.1, 0.15) is 28.3 Å². The van der Waals surface area contributed by atoms with Gasteiger partial charge in [0, 0.05) is 18.7 Å². The molecule has 2 aromatic heterocycles. The fraction of sp³-hybridized carbons (Fsp3) is 0.316. The minimum absolute atomic E-state index is 0.0587. The first-order chi connectivity index (χ1) is 14.5. The Labute approximate surface area is 178 Å². The van der Waals surface area contributed by atoms with Gasteiger partial charge in [0.2, 0.25) is 10.0 Å². The molecule has 4 rings (SSSR count). The number of benzene rings is 1. The van der Waals surface area contributed by atoms with Gasteiger partial charge in [0.25, 0.3) is 5.91 Å². The van der Waals surface area contributed by atoms with E-state index in [1.54, 1.807) is 12.5 Å². The molecule has 1 aliphatic rings. The number of aromatic amines is 1. The molecule has 11 heteroatoms. The second-order valence-corrected chi connectivity index (χ2v) is 9.56. The minimum atomic E-state index is -3.65. The van der Waals surface area contributed by atoms with Gasteiger partial charge in [0.1, 0.15) is 21.3 Å². The third-order valence-corrected chi connectivity index (χ3v) is 7.80. The Morgan fingerprint density at radius 1 is 1.23 bits per heavy atom. The van der Waals surface area contributed by atoms with E-state index in [1.165, 1.54) is 10.4 Å². The van der Waals surface area contributed by atoms with Gasteiger partial charge in [-0.3, -0.25) is 9.89 Å². The van der Waals surface area contributed by atoms with E-state index in [0.29, 0.717) is 24.7 Å². The van der Waals surface area contributed by atoms with Crippen molar-refractivity contribution in [1.29, 1.82) is 0 Å². The van der Waals surface area contributed by atoms with Crippen LogP contribution in [-0.4, -0.2) is 54.0 Å². The van der Waals surface area contributed by atoms with Crippen molar-refractivity contribution < 1.29 is 17.9 Å². The maximum absolute atomic E-state index is 12.8. The average molecular weight is 448 g/mol. The first-order valence-corrected chi connectivity index (χ1v) is 11.7. The molecule has 0 saturated carbocycles. The molecule has 2 N–H and O–H groups in total. The van der Waals surface area contributed by atoms with E-state index in [-0.39, 0.29) is 16.3 Å². The van der Waals surface area contributed by atoms with Crippen molar-refractivity contribution in [3.8, 4) is 17.1 Å². The predicted molar refractivity (Wildman–Crippen MR) is 112 cm³/mol. The third-order valence-electron chi connectivity index (χ3n) is 4.81. The molecule has 0 bridgehead atoms. The van der Waals surface area contributed by atoms with Crippen molar-refractivity contribution in [3.05, 3.63) is 46.4 Å². The molecular formula is C19H21N5O4S2. The lowest BCUT2D eigenvalue weighted by molar-refractivity contribution is 0.0951. The number of carbonyl (C=O) groups excluding carboxylic acids is 1. The number of carbonyl (C=O) groups is 1. The third kappa shape index (κ3) is 4.09. The molecule has 30 heavy (non-hydrogen) atoms. The largest absolute Gasteiger partial charge is 0.497 e. The summed E-state index contributed by atoms with van der Waals surface area (Å²) in [7, 11) is -2.06. The molecule has 1 amide bonds. The van der Waals surface area contributed by atoms with Crippen LogP contribution in [0.25, 0.3) is 11.4 Å². The average Bonchev–Trinajstić information content (AvgIpc) is 3.53. The van der Waals surface area contributed by atoms with E-state index >= 15 is 0 Å². The van der Waals surface area contributed by atoms with Crippen molar-refractivity contribution >= 4 is 27.3 Å². The Morgan fingerprint density at radius 2 is 1.97 bits per heavy atom. The quantitative estimate of drug-likeness (QED) is 0.574. The SMILES string of the molecule is COc1ccc(-c2n[nH]c(CNC(=O)c3sccc3S(=O)(=O)N3CCCC3)n2)cc1. The Morgan fingerprint density at radius 3 is 2.67 bits per heavy atom. The zero-order chi connectivity index (χ0) is 21.1. The number of aromatic nitrogens is 3. The molecule has 3 aromatic rings. The van der Waals surface area contributed by atoms with Gasteiger partial charge >= 0.3 is 0 Å². The fourth-order valence-electron chi connectivity index (χ4n) is 3.22. The first kappa shape index (κ1) is 20.5. The highest BCUT2D eigenvalue weighted by Crippen LogP contribution is 2.27. The van der Waals surface area contributed by atoms with Crippen LogP contribution in [0.2, 0.25) is 0 Å².